The second-order valence-corrected chi connectivity index (χ2v) is 7.46. The lowest BCUT2D eigenvalue weighted by Gasteiger charge is -2.25. The minimum atomic E-state index is -4.47. The fraction of sp³-hybridized carbons (Fsp3) is 0.474. The third-order valence-electron chi connectivity index (χ3n) is 5.22. The molecule has 1 aromatic carbocycles. The third kappa shape index (κ3) is 5.19. The standard InChI is InChI=1S/C19H23F3N6.2ClH/c20-19(21,22)11-7-13(24)9-14(8-11)25-18-26-16-4-2-1-3-15(16)17(27-18)28-6-5-12(23)10-28;;/h7-9,12H,1-6,10,23-24H2,(H,25,26,27);2*1H/t12-;;/m0../s1. The molecule has 0 unspecified atom stereocenters. The van der Waals surface area contributed by atoms with Crippen molar-refractivity contribution in [3.05, 3.63) is 35.0 Å². The summed E-state index contributed by atoms with van der Waals surface area (Å²) in [5, 5.41) is 2.92. The van der Waals surface area contributed by atoms with Crippen LogP contribution in [0.3, 0.4) is 0 Å². The van der Waals surface area contributed by atoms with Crippen LogP contribution in [0.25, 0.3) is 0 Å². The Kier molecular flexibility index (Phi) is 7.65. The maximum Gasteiger partial charge on any atom is 0.416 e. The van der Waals surface area contributed by atoms with Crippen molar-refractivity contribution in [1.82, 2.24) is 9.97 Å². The molecule has 2 heterocycles. The first-order valence-electron chi connectivity index (χ1n) is 9.45. The second kappa shape index (κ2) is 9.45. The lowest BCUT2D eigenvalue weighted by Crippen LogP contribution is -2.29. The van der Waals surface area contributed by atoms with Gasteiger partial charge in [-0.05, 0) is 50.3 Å². The van der Waals surface area contributed by atoms with Crippen molar-refractivity contribution >= 4 is 48.0 Å². The predicted octanol–water partition coefficient (Wildman–Crippen LogP) is 4.08. The average Bonchev–Trinajstić information content (AvgIpc) is 3.06. The predicted molar refractivity (Wildman–Crippen MR) is 117 cm³/mol. The fourth-order valence-corrected chi connectivity index (χ4v) is 3.89. The number of hydrogen-bond donors (Lipinski definition) is 3. The van der Waals surface area contributed by atoms with Crippen LogP contribution < -0.4 is 21.7 Å². The highest BCUT2D eigenvalue weighted by Crippen LogP contribution is 2.35. The smallest absolute Gasteiger partial charge is 0.399 e. The van der Waals surface area contributed by atoms with Crippen LogP contribution in [-0.2, 0) is 19.0 Å². The van der Waals surface area contributed by atoms with Crippen LogP contribution in [0.4, 0.5) is 36.3 Å². The van der Waals surface area contributed by atoms with Crippen molar-refractivity contribution in [2.75, 3.05) is 29.0 Å². The Hall–Kier alpha value is -1.97. The molecule has 5 N–H and O–H groups in total. The molecule has 0 radical (unpaired) electrons. The van der Waals surface area contributed by atoms with E-state index in [0.717, 1.165) is 74.4 Å². The maximum absolute atomic E-state index is 13.1. The quantitative estimate of drug-likeness (QED) is 0.592. The lowest BCUT2D eigenvalue weighted by atomic mass is 9.96. The monoisotopic (exact) mass is 464 g/mol. The Labute approximate surface area is 185 Å². The zero-order valence-corrected chi connectivity index (χ0v) is 17.8. The number of nitrogen functional groups attached to an aromatic ring is 1. The van der Waals surface area contributed by atoms with Gasteiger partial charge in [-0.3, -0.25) is 0 Å². The number of anilines is 4. The van der Waals surface area contributed by atoms with E-state index in [1.54, 1.807) is 0 Å². The third-order valence-corrected chi connectivity index (χ3v) is 5.22. The van der Waals surface area contributed by atoms with Crippen molar-refractivity contribution in [2.24, 2.45) is 5.73 Å². The van der Waals surface area contributed by atoms with Gasteiger partial charge in [-0.15, -0.1) is 24.8 Å². The maximum atomic E-state index is 13.1. The van der Waals surface area contributed by atoms with Crippen LogP contribution in [0.2, 0.25) is 0 Å². The molecule has 1 fully saturated rings. The summed E-state index contributed by atoms with van der Waals surface area (Å²) in [5.41, 5.74) is 13.2. The average molecular weight is 465 g/mol. The van der Waals surface area contributed by atoms with Gasteiger partial charge in [0.1, 0.15) is 5.82 Å². The number of nitrogens with one attached hydrogen (secondary N) is 1. The molecule has 0 amide bonds. The molecule has 2 aromatic rings. The summed E-state index contributed by atoms with van der Waals surface area (Å²) >= 11 is 0. The molecule has 1 aliphatic heterocycles. The largest absolute Gasteiger partial charge is 0.416 e. The number of aryl methyl sites for hydroxylation is 1. The van der Waals surface area contributed by atoms with Gasteiger partial charge in [-0.2, -0.15) is 18.2 Å². The van der Waals surface area contributed by atoms with E-state index < -0.39 is 11.7 Å². The highest BCUT2D eigenvalue weighted by atomic mass is 35.5. The molecule has 1 atom stereocenters. The molecule has 1 aliphatic carbocycles. The molecule has 0 bridgehead atoms. The van der Waals surface area contributed by atoms with E-state index in [9.17, 15) is 13.2 Å². The number of aromatic nitrogens is 2. The van der Waals surface area contributed by atoms with E-state index in [-0.39, 0.29) is 48.2 Å². The first kappa shape index (κ1) is 24.3. The van der Waals surface area contributed by atoms with E-state index >= 15 is 0 Å². The van der Waals surface area contributed by atoms with Crippen molar-refractivity contribution in [2.45, 2.75) is 44.3 Å². The SMILES string of the molecule is Cl.Cl.Nc1cc(Nc2nc3c(c(N4CC[C@H](N)C4)n2)CCCC3)cc(C(F)(F)F)c1. The number of fused-ring (bicyclic) bond motifs is 1. The normalized spacial score (nSPS) is 18.3. The van der Waals surface area contributed by atoms with Gasteiger partial charge in [0, 0.05) is 36.1 Å². The summed E-state index contributed by atoms with van der Waals surface area (Å²) in [5.74, 6) is 1.13. The number of halogens is 5. The van der Waals surface area contributed by atoms with E-state index in [2.05, 4.69) is 20.2 Å². The van der Waals surface area contributed by atoms with Gasteiger partial charge in [-0.1, -0.05) is 0 Å². The van der Waals surface area contributed by atoms with Crippen molar-refractivity contribution < 1.29 is 13.2 Å². The van der Waals surface area contributed by atoms with Crippen LogP contribution in [-0.4, -0.2) is 29.1 Å². The Bertz CT molecular complexity index is 893. The highest BCUT2D eigenvalue weighted by molar-refractivity contribution is 5.85. The zero-order valence-electron chi connectivity index (χ0n) is 16.2. The molecule has 0 spiro atoms. The van der Waals surface area contributed by atoms with Gasteiger partial charge in [0.05, 0.1) is 11.3 Å². The van der Waals surface area contributed by atoms with Gasteiger partial charge in [0.2, 0.25) is 5.95 Å². The van der Waals surface area contributed by atoms with Crippen LogP contribution in [0.5, 0.6) is 0 Å². The Morgan fingerprint density at radius 2 is 1.80 bits per heavy atom. The van der Waals surface area contributed by atoms with Gasteiger partial charge >= 0.3 is 6.18 Å². The van der Waals surface area contributed by atoms with E-state index in [0.29, 0.717) is 0 Å². The molecule has 4 rings (SSSR count). The number of rotatable bonds is 3. The number of nitrogens with two attached hydrogens (primary N) is 2. The summed E-state index contributed by atoms with van der Waals surface area (Å²) in [6.07, 6.45) is 0.293. The topological polar surface area (TPSA) is 93.1 Å². The Balaban J connectivity index is 0.00000160. The Morgan fingerprint density at radius 3 is 2.47 bits per heavy atom. The summed E-state index contributed by atoms with van der Waals surface area (Å²) in [6.45, 7) is 1.54. The Morgan fingerprint density at radius 1 is 1.07 bits per heavy atom. The van der Waals surface area contributed by atoms with E-state index in [4.69, 9.17) is 11.5 Å². The molecule has 11 heteroatoms. The summed E-state index contributed by atoms with van der Waals surface area (Å²) in [4.78, 5) is 11.4. The van der Waals surface area contributed by atoms with Gasteiger partial charge < -0.3 is 21.7 Å². The molecule has 6 nitrogen and oxygen atoms in total. The fourth-order valence-electron chi connectivity index (χ4n) is 3.89. The summed E-state index contributed by atoms with van der Waals surface area (Å²) in [7, 11) is 0. The molecular weight excluding hydrogens is 440 g/mol. The molecule has 0 saturated carbocycles. The van der Waals surface area contributed by atoms with Crippen molar-refractivity contribution in [3.63, 3.8) is 0 Å². The second-order valence-electron chi connectivity index (χ2n) is 7.46. The van der Waals surface area contributed by atoms with Gasteiger partial charge in [-0.25, -0.2) is 4.98 Å². The molecular formula is C19H25Cl2F3N6. The summed E-state index contributed by atoms with van der Waals surface area (Å²) in [6, 6.07) is 3.48. The van der Waals surface area contributed by atoms with Crippen LogP contribution in [0.15, 0.2) is 18.2 Å². The lowest BCUT2D eigenvalue weighted by molar-refractivity contribution is -0.137. The molecule has 30 heavy (non-hydrogen) atoms. The van der Waals surface area contributed by atoms with Gasteiger partial charge in [0.15, 0.2) is 0 Å². The number of hydrogen-bond acceptors (Lipinski definition) is 6. The minimum Gasteiger partial charge on any atom is -0.399 e. The number of nitrogens with zero attached hydrogens (tertiary/aromatic N) is 3. The first-order valence-corrected chi connectivity index (χ1v) is 9.45. The zero-order chi connectivity index (χ0) is 19.9. The van der Waals surface area contributed by atoms with Gasteiger partial charge in [0.25, 0.3) is 0 Å². The van der Waals surface area contributed by atoms with E-state index in [1.807, 2.05) is 0 Å². The van der Waals surface area contributed by atoms with Crippen molar-refractivity contribution in [1.29, 1.82) is 0 Å². The molecule has 166 valence electrons. The van der Waals surface area contributed by atoms with Crippen LogP contribution in [0.1, 0.15) is 36.1 Å². The minimum absolute atomic E-state index is 0. The molecule has 1 saturated heterocycles. The molecule has 2 aliphatic rings. The van der Waals surface area contributed by atoms with E-state index in [1.165, 1.54) is 6.07 Å². The van der Waals surface area contributed by atoms with Crippen LogP contribution >= 0.6 is 24.8 Å². The number of alkyl halides is 3. The summed E-state index contributed by atoms with van der Waals surface area (Å²) < 4.78 is 39.3. The molecule has 1 aromatic heterocycles. The number of benzene rings is 1. The van der Waals surface area contributed by atoms with Crippen LogP contribution in [0, 0.1) is 0 Å². The van der Waals surface area contributed by atoms with Crippen molar-refractivity contribution in [3.8, 4) is 0 Å². The highest BCUT2D eigenvalue weighted by Gasteiger charge is 2.31. The first-order chi connectivity index (χ1) is 13.3.